The summed E-state index contributed by atoms with van der Waals surface area (Å²) < 4.78 is 50.5. The van der Waals surface area contributed by atoms with Gasteiger partial charge in [0.05, 0.1) is 11.4 Å². The van der Waals surface area contributed by atoms with E-state index in [0.717, 1.165) is 44.4 Å². The summed E-state index contributed by atoms with van der Waals surface area (Å²) in [5.41, 5.74) is 6.84. The molecule has 2 N–H and O–H groups in total. The Labute approximate surface area is 270 Å². The van der Waals surface area contributed by atoms with Crippen LogP contribution < -0.4 is 10.5 Å². The summed E-state index contributed by atoms with van der Waals surface area (Å²) in [4.78, 5) is 26.1. The van der Waals surface area contributed by atoms with Gasteiger partial charge in [0.25, 0.3) is 5.91 Å². The summed E-state index contributed by atoms with van der Waals surface area (Å²) in [7, 11) is 4.00. The number of aromatic nitrogens is 4. The number of rotatable bonds is 8. The number of nitrogen functional groups attached to an aromatic ring is 1. The van der Waals surface area contributed by atoms with E-state index in [-0.39, 0.29) is 58.1 Å². The van der Waals surface area contributed by atoms with Crippen LogP contribution in [-0.4, -0.2) is 69.2 Å². The molecule has 4 aromatic rings. The van der Waals surface area contributed by atoms with Gasteiger partial charge in [-0.3, -0.25) is 4.79 Å². The van der Waals surface area contributed by atoms with Crippen LogP contribution in [0.25, 0.3) is 22.3 Å². The van der Waals surface area contributed by atoms with E-state index in [9.17, 15) is 18.8 Å². The van der Waals surface area contributed by atoms with E-state index in [4.69, 9.17) is 15.6 Å². The smallest absolute Gasteiger partial charge is 0.264 e. The molecule has 10 nitrogen and oxygen atoms in total. The Morgan fingerprint density at radius 2 is 1.94 bits per heavy atom. The zero-order valence-corrected chi connectivity index (χ0v) is 26.2. The summed E-state index contributed by atoms with van der Waals surface area (Å²) in [5, 5.41) is 15.2. The Kier molecular flexibility index (Phi) is 8.88. The quantitative estimate of drug-likeness (QED) is 0.182. The molecule has 1 aliphatic carbocycles. The minimum Gasteiger partial charge on any atom is -0.454 e. The van der Waals surface area contributed by atoms with E-state index in [1.165, 1.54) is 30.6 Å². The molecule has 6 rings (SSSR count). The van der Waals surface area contributed by atoms with E-state index in [1.54, 1.807) is 9.58 Å². The normalized spacial score (nSPS) is 18.1. The van der Waals surface area contributed by atoms with E-state index < -0.39 is 17.5 Å². The predicted molar refractivity (Wildman–Crippen MR) is 170 cm³/mol. The minimum absolute atomic E-state index is 0.0449. The van der Waals surface area contributed by atoms with Crippen LogP contribution >= 0.6 is 0 Å². The number of likely N-dealkylation sites (tertiary alicyclic amines) is 1. The van der Waals surface area contributed by atoms with E-state index in [2.05, 4.69) is 20.9 Å². The topological polar surface area (TPSA) is 126 Å². The molecule has 0 unspecified atom stereocenters. The lowest BCUT2D eigenvalue weighted by atomic mass is 9.83. The molecule has 0 bridgehead atoms. The Bertz CT molecular complexity index is 1890. The molecule has 2 aliphatic rings. The molecule has 3 heterocycles. The Morgan fingerprint density at radius 1 is 1.15 bits per heavy atom. The highest BCUT2D eigenvalue weighted by molar-refractivity contribution is 5.99. The number of hydrogen-bond acceptors (Lipinski definition) is 8. The van der Waals surface area contributed by atoms with Crippen LogP contribution in [0.5, 0.6) is 11.5 Å². The van der Waals surface area contributed by atoms with Crippen LogP contribution in [0.15, 0.2) is 54.4 Å². The maximum atomic E-state index is 15.6. The van der Waals surface area contributed by atoms with Gasteiger partial charge in [-0.25, -0.2) is 23.4 Å². The van der Waals surface area contributed by atoms with Crippen molar-refractivity contribution < 1.29 is 22.7 Å². The van der Waals surface area contributed by atoms with Crippen LogP contribution in [0.3, 0.4) is 0 Å². The SMILES string of the molecule is CN(C)CC1(/C=C(/C#N)C(=O)N2CCC[C@H](n3nc(-c4ccc(Oc5cccc(F)c5F)cc4F)c4c(N)ncnc43)C2)CCCC1. The summed E-state index contributed by atoms with van der Waals surface area (Å²) in [6.45, 7) is 1.52. The van der Waals surface area contributed by atoms with Crippen LogP contribution in [0.4, 0.5) is 19.0 Å². The zero-order chi connectivity index (χ0) is 33.3. The first-order valence-electron chi connectivity index (χ1n) is 15.6. The largest absolute Gasteiger partial charge is 0.454 e. The lowest BCUT2D eigenvalue weighted by Crippen LogP contribution is -2.42. The third-order valence-electron chi connectivity index (χ3n) is 8.92. The van der Waals surface area contributed by atoms with Crippen LogP contribution in [0.2, 0.25) is 0 Å². The van der Waals surface area contributed by atoms with Crippen LogP contribution in [0, 0.1) is 34.2 Å². The molecule has 47 heavy (non-hydrogen) atoms. The number of hydrogen-bond donors (Lipinski definition) is 1. The first-order valence-corrected chi connectivity index (χ1v) is 15.6. The molecule has 1 amide bonds. The van der Waals surface area contributed by atoms with Crippen molar-refractivity contribution in [2.75, 3.05) is 39.5 Å². The number of halogens is 3. The molecular weight excluding hydrogens is 609 g/mol. The van der Waals surface area contributed by atoms with Gasteiger partial charge in [0.1, 0.15) is 41.0 Å². The number of carbonyl (C=O) groups excluding carboxylic acids is 1. The standard InChI is InChI=1S/C34H35F3N8O2/c1-43(2)19-34(12-3-4-13-34)16-21(17-38)33(46)44-14-6-7-22(18-44)45-32-28(31(39)40-20-41-32)30(42-45)24-11-10-23(15-26(24)36)47-27-9-5-8-25(35)29(27)37/h5,8-11,15-16,20,22H,3-4,6-7,12-14,18-19H2,1-2H3,(H2,39,40,41)/b21-16-/t22-/m0/s1. The fourth-order valence-corrected chi connectivity index (χ4v) is 6.89. The molecule has 2 fully saturated rings. The monoisotopic (exact) mass is 644 g/mol. The molecule has 0 spiro atoms. The molecule has 1 atom stereocenters. The average molecular weight is 645 g/mol. The van der Waals surface area contributed by atoms with Gasteiger partial charge in [-0.1, -0.05) is 25.0 Å². The van der Waals surface area contributed by atoms with E-state index in [0.29, 0.717) is 30.4 Å². The third-order valence-corrected chi connectivity index (χ3v) is 8.92. The lowest BCUT2D eigenvalue weighted by Gasteiger charge is -2.34. The van der Waals surface area contributed by atoms with Gasteiger partial charge in [0.2, 0.25) is 5.82 Å². The van der Waals surface area contributed by atoms with Gasteiger partial charge in [-0.2, -0.15) is 14.8 Å². The second kappa shape index (κ2) is 13.0. The van der Waals surface area contributed by atoms with Crippen molar-refractivity contribution in [3.05, 3.63) is 71.8 Å². The van der Waals surface area contributed by atoms with E-state index in [1.807, 2.05) is 20.2 Å². The average Bonchev–Trinajstić information content (AvgIpc) is 3.67. The Balaban J connectivity index is 1.30. The number of nitrogens with zero attached hydrogens (tertiary/aromatic N) is 7. The number of benzene rings is 2. The molecule has 2 aromatic heterocycles. The van der Waals surface area contributed by atoms with Gasteiger partial charge in [-0.15, -0.1) is 0 Å². The van der Waals surface area contributed by atoms with Crippen molar-refractivity contribution >= 4 is 22.8 Å². The van der Waals surface area contributed by atoms with Crippen molar-refractivity contribution in [1.82, 2.24) is 29.5 Å². The molecule has 1 saturated carbocycles. The second-order valence-corrected chi connectivity index (χ2v) is 12.6. The van der Waals surface area contributed by atoms with E-state index >= 15 is 4.39 Å². The highest BCUT2D eigenvalue weighted by atomic mass is 19.2. The minimum atomic E-state index is -1.18. The molecule has 0 radical (unpaired) electrons. The number of piperidine rings is 1. The maximum Gasteiger partial charge on any atom is 0.264 e. The maximum absolute atomic E-state index is 15.6. The number of nitriles is 1. The van der Waals surface area contributed by atoms with Gasteiger partial charge in [0, 0.05) is 36.7 Å². The summed E-state index contributed by atoms with van der Waals surface area (Å²) in [6, 6.07) is 9.20. The number of ether oxygens (including phenoxy) is 1. The van der Waals surface area contributed by atoms with Crippen LogP contribution in [0.1, 0.15) is 44.6 Å². The lowest BCUT2D eigenvalue weighted by molar-refractivity contribution is -0.128. The third kappa shape index (κ3) is 6.38. The summed E-state index contributed by atoms with van der Waals surface area (Å²) in [5.74, 6) is -3.66. The molecule has 2 aromatic carbocycles. The number of fused-ring (bicyclic) bond motifs is 1. The number of nitrogens with two attached hydrogens (primary N) is 1. The highest BCUT2D eigenvalue weighted by Gasteiger charge is 2.36. The Hall–Kier alpha value is -4.96. The molecule has 1 saturated heterocycles. The number of amides is 1. The zero-order valence-electron chi connectivity index (χ0n) is 26.2. The van der Waals surface area contributed by atoms with Crippen molar-refractivity contribution in [2.45, 2.75) is 44.6 Å². The van der Waals surface area contributed by atoms with Crippen LogP contribution in [-0.2, 0) is 4.79 Å². The molecule has 244 valence electrons. The van der Waals surface area contributed by atoms with Gasteiger partial charge in [-0.05, 0) is 64.0 Å². The van der Waals surface area contributed by atoms with Gasteiger partial charge >= 0.3 is 0 Å². The fourth-order valence-electron chi connectivity index (χ4n) is 6.89. The number of carbonyl (C=O) groups is 1. The van der Waals surface area contributed by atoms with Gasteiger partial charge < -0.3 is 20.3 Å². The second-order valence-electron chi connectivity index (χ2n) is 12.6. The van der Waals surface area contributed by atoms with Crippen molar-refractivity contribution in [2.24, 2.45) is 5.41 Å². The summed E-state index contributed by atoms with van der Waals surface area (Å²) >= 11 is 0. The highest BCUT2D eigenvalue weighted by Crippen LogP contribution is 2.41. The van der Waals surface area contributed by atoms with Crippen molar-refractivity contribution in [3.8, 4) is 28.8 Å². The molecular formula is C34H35F3N8O2. The molecule has 13 heteroatoms. The van der Waals surface area contributed by atoms with Crippen molar-refractivity contribution in [1.29, 1.82) is 5.26 Å². The summed E-state index contributed by atoms with van der Waals surface area (Å²) in [6.07, 6.45) is 8.49. The first kappa shape index (κ1) is 32.0. The molecule has 1 aliphatic heterocycles. The first-order chi connectivity index (χ1) is 22.6. The fraction of sp³-hybridized carbons (Fsp3) is 0.382. The Morgan fingerprint density at radius 3 is 2.66 bits per heavy atom. The predicted octanol–water partition coefficient (Wildman–Crippen LogP) is 6.02. The van der Waals surface area contributed by atoms with Crippen molar-refractivity contribution in [3.63, 3.8) is 0 Å². The van der Waals surface area contributed by atoms with Gasteiger partial charge in [0.15, 0.2) is 17.2 Å². The number of anilines is 1.